The molecule has 0 bridgehead atoms. The minimum atomic E-state index is -4.49. The zero-order chi connectivity index (χ0) is 13.7. The Hall–Kier alpha value is -1.63. The van der Waals surface area contributed by atoms with Gasteiger partial charge in [-0.1, -0.05) is 12.2 Å². The molecular weight excluding hydrogens is 263 g/mol. The molecule has 0 radical (unpaired) electrons. The molecule has 18 heavy (non-hydrogen) atoms. The Labute approximate surface area is 106 Å². The largest absolute Gasteiger partial charge is 0.433 e. The third kappa shape index (κ3) is 1.94. The maximum absolute atomic E-state index is 12.8. The number of hydrogen-bond donors (Lipinski definition) is 2. The average Bonchev–Trinajstić information content (AvgIpc) is 2.25. The number of nitrogens with one attached hydrogen (secondary N) is 1. The summed E-state index contributed by atoms with van der Waals surface area (Å²) in [4.78, 5) is 6.22. The monoisotopic (exact) mass is 273 g/mol. The van der Waals surface area contributed by atoms with Crippen LogP contribution in [0.15, 0.2) is 6.07 Å². The predicted octanol–water partition coefficient (Wildman–Crippen LogP) is 3.51. The van der Waals surface area contributed by atoms with Crippen molar-refractivity contribution in [1.82, 2.24) is 9.97 Å². The summed E-state index contributed by atoms with van der Waals surface area (Å²) in [5.74, 6) is 0. The van der Waals surface area contributed by atoms with E-state index in [0.29, 0.717) is 16.6 Å². The van der Waals surface area contributed by atoms with E-state index in [1.54, 1.807) is 13.0 Å². The van der Waals surface area contributed by atoms with E-state index in [1.807, 2.05) is 0 Å². The van der Waals surface area contributed by atoms with Crippen molar-refractivity contribution in [3.8, 4) is 0 Å². The number of anilines is 1. The summed E-state index contributed by atoms with van der Waals surface area (Å²) in [6, 6.07) is 1.55. The van der Waals surface area contributed by atoms with Crippen LogP contribution in [0.1, 0.15) is 16.8 Å². The summed E-state index contributed by atoms with van der Waals surface area (Å²) in [6.45, 7) is 2.99. The number of rotatable bonds is 0. The highest BCUT2D eigenvalue weighted by molar-refractivity contribution is 7.71. The van der Waals surface area contributed by atoms with Gasteiger partial charge in [-0.15, -0.1) is 0 Å². The van der Waals surface area contributed by atoms with Crippen LogP contribution in [0.25, 0.3) is 11.0 Å². The van der Waals surface area contributed by atoms with E-state index in [4.69, 9.17) is 18.0 Å². The maximum atomic E-state index is 12.8. The van der Waals surface area contributed by atoms with Gasteiger partial charge in [-0.25, -0.2) is 4.98 Å². The zero-order valence-electron chi connectivity index (χ0n) is 9.64. The third-order valence-electron chi connectivity index (χ3n) is 2.86. The topological polar surface area (TPSA) is 54.7 Å². The normalized spacial score (nSPS) is 12.1. The standard InChI is InChI=1S/C11H10F3N3S/c1-4-5(2)8(11(12,13)14)16-9-6(4)3-7(15)10(18)17-9/h3H,15H2,1-2H3,(H,16,17,18). The molecule has 2 aromatic rings. The molecule has 2 aromatic heterocycles. The van der Waals surface area contributed by atoms with Crippen molar-refractivity contribution in [1.29, 1.82) is 0 Å². The number of H-pyrrole nitrogens is 1. The van der Waals surface area contributed by atoms with Crippen LogP contribution in [-0.4, -0.2) is 9.97 Å². The average molecular weight is 273 g/mol. The highest BCUT2D eigenvalue weighted by Gasteiger charge is 2.35. The van der Waals surface area contributed by atoms with Crippen molar-refractivity contribution in [3.63, 3.8) is 0 Å². The van der Waals surface area contributed by atoms with Gasteiger partial charge in [-0.2, -0.15) is 13.2 Å². The molecule has 3 nitrogen and oxygen atoms in total. The number of pyridine rings is 2. The molecule has 0 fully saturated rings. The van der Waals surface area contributed by atoms with Crippen molar-refractivity contribution in [2.75, 3.05) is 5.73 Å². The van der Waals surface area contributed by atoms with Gasteiger partial charge in [0.15, 0.2) is 0 Å². The molecule has 0 amide bonds. The smallest absolute Gasteiger partial charge is 0.396 e. The number of nitrogens with two attached hydrogens (primary N) is 1. The fraction of sp³-hybridized carbons (Fsp3) is 0.273. The van der Waals surface area contributed by atoms with E-state index in [2.05, 4.69) is 9.97 Å². The first kappa shape index (κ1) is 12.8. The summed E-state index contributed by atoms with van der Waals surface area (Å²) in [6.07, 6.45) is -4.49. The van der Waals surface area contributed by atoms with Gasteiger partial charge in [-0.05, 0) is 31.0 Å². The van der Waals surface area contributed by atoms with Crippen LogP contribution in [0, 0.1) is 18.5 Å². The summed E-state index contributed by atoms with van der Waals surface area (Å²) in [5.41, 5.74) is 5.75. The van der Waals surface area contributed by atoms with E-state index in [-0.39, 0.29) is 15.9 Å². The number of nitrogens with zero attached hydrogens (tertiary/aromatic N) is 1. The molecule has 3 N–H and O–H groups in total. The predicted molar refractivity (Wildman–Crippen MR) is 65.8 cm³/mol. The number of nitrogen functional groups attached to an aromatic ring is 1. The first-order valence-corrected chi connectivity index (χ1v) is 5.49. The van der Waals surface area contributed by atoms with Crippen molar-refractivity contribution in [3.05, 3.63) is 27.5 Å². The Morgan fingerprint density at radius 3 is 2.44 bits per heavy atom. The van der Waals surface area contributed by atoms with E-state index in [9.17, 15) is 13.2 Å². The molecule has 2 heterocycles. The van der Waals surface area contributed by atoms with Gasteiger partial charge in [0.2, 0.25) is 0 Å². The van der Waals surface area contributed by atoms with Gasteiger partial charge < -0.3 is 10.7 Å². The van der Waals surface area contributed by atoms with Crippen LogP contribution in [0.3, 0.4) is 0 Å². The number of aromatic nitrogens is 2. The van der Waals surface area contributed by atoms with Crippen LogP contribution in [0.2, 0.25) is 0 Å². The Balaban J connectivity index is 2.93. The van der Waals surface area contributed by atoms with E-state index in [1.165, 1.54) is 6.92 Å². The summed E-state index contributed by atoms with van der Waals surface area (Å²) >= 11 is 4.89. The summed E-state index contributed by atoms with van der Waals surface area (Å²) < 4.78 is 38.6. The first-order chi connectivity index (χ1) is 8.21. The molecule has 0 saturated carbocycles. The number of hydrogen-bond acceptors (Lipinski definition) is 3. The number of fused-ring (bicyclic) bond motifs is 1. The minimum absolute atomic E-state index is 0.0971. The van der Waals surface area contributed by atoms with Gasteiger partial charge in [0.05, 0.1) is 5.69 Å². The molecule has 0 unspecified atom stereocenters. The van der Waals surface area contributed by atoms with Crippen LogP contribution in [-0.2, 0) is 6.18 Å². The second-order valence-electron chi connectivity index (χ2n) is 4.02. The van der Waals surface area contributed by atoms with Crippen LogP contribution in [0.5, 0.6) is 0 Å². The number of alkyl halides is 3. The van der Waals surface area contributed by atoms with Gasteiger partial charge in [0.25, 0.3) is 0 Å². The van der Waals surface area contributed by atoms with E-state index < -0.39 is 11.9 Å². The lowest BCUT2D eigenvalue weighted by Crippen LogP contribution is -2.12. The number of aromatic amines is 1. The molecular formula is C11H10F3N3S. The van der Waals surface area contributed by atoms with Crippen LogP contribution in [0.4, 0.5) is 18.9 Å². The zero-order valence-corrected chi connectivity index (χ0v) is 10.5. The molecule has 0 aliphatic rings. The lowest BCUT2D eigenvalue weighted by Gasteiger charge is -2.14. The quantitative estimate of drug-likeness (QED) is 0.722. The Morgan fingerprint density at radius 2 is 1.89 bits per heavy atom. The van der Waals surface area contributed by atoms with Gasteiger partial charge in [0.1, 0.15) is 16.0 Å². The molecule has 96 valence electrons. The molecule has 7 heteroatoms. The molecule has 0 aromatic carbocycles. The maximum Gasteiger partial charge on any atom is 0.433 e. The number of halogens is 3. The van der Waals surface area contributed by atoms with Crippen molar-refractivity contribution in [2.24, 2.45) is 0 Å². The highest BCUT2D eigenvalue weighted by Crippen LogP contribution is 2.34. The lowest BCUT2D eigenvalue weighted by atomic mass is 10.0. The SMILES string of the molecule is Cc1c(C(F)(F)F)nc2[nH]c(=S)c(N)cc2c1C. The second-order valence-corrected chi connectivity index (χ2v) is 4.43. The lowest BCUT2D eigenvalue weighted by molar-refractivity contribution is -0.141. The van der Waals surface area contributed by atoms with Crippen LogP contribution < -0.4 is 5.73 Å². The van der Waals surface area contributed by atoms with Crippen molar-refractivity contribution in [2.45, 2.75) is 20.0 Å². The number of aryl methyl sites for hydroxylation is 1. The molecule has 0 aliphatic heterocycles. The first-order valence-electron chi connectivity index (χ1n) is 5.08. The highest BCUT2D eigenvalue weighted by atomic mass is 32.1. The van der Waals surface area contributed by atoms with Crippen molar-refractivity contribution < 1.29 is 13.2 Å². The second kappa shape index (κ2) is 3.94. The fourth-order valence-electron chi connectivity index (χ4n) is 1.76. The molecule has 0 spiro atoms. The molecule has 0 atom stereocenters. The van der Waals surface area contributed by atoms with Gasteiger partial charge in [0, 0.05) is 5.39 Å². The molecule has 0 aliphatic carbocycles. The minimum Gasteiger partial charge on any atom is -0.396 e. The third-order valence-corrected chi connectivity index (χ3v) is 3.20. The Morgan fingerprint density at radius 1 is 1.28 bits per heavy atom. The Bertz CT molecular complexity index is 688. The molecule has 0 saturated heterocycles. The van der Waals surface area contributed by atoms with E-state index in [0.717, 1.165) is 0 Å². The molecule has 2 rings (SSSR count). The summed E-state index contributed by atoms with van der Waals surface area (Å²) in [5, 5.41) is 0.548. The van der Waals surface area contributed by atoms with Crippen molar-refractivity contribution >= 4 is 28.9 Å². The van der Waals surface area contributed by atoms with Gasteiger partial charge in [-0.3, -0.25) is 0 Å². The fourth-order valence-corrected chi connectivity index (χ4v) is 1.92. The Kier molecular flexibility index (Phi) is 2.81. The summed E-state index contributed by atoms with van der Waals surface area (Å²) in [7, 11) is 0. The van der Waals surface area contributed by atoms with E-state index >= 15 is 0 Å². The van der Waals surface area contributed by atoms with Crippen LogP contribution >= 0.6 is 12.2 Å². The van der Waals surface area contributed by atoms with Gasteiger partial charge >= 0.3 is 6.18 Å².